The van der Waals surface area contributed by atoms with Crippen LogP contribution >= 0.6 is 11.3 Å². The van der Waals surface area contributed by atoms with E-state index in [1.807, 2.05) is 5.51 Å². The van der Waals surface area contributed by atoms with E-state index in [1.54, 1.807) is 18.4 Å². The third-order valence-electron chi connectivity index (χ3n) is 4.63. The number of ether oxygens (including phenoxy) is 1. The van der Waals surface area contributed by atoms with Gasteiger partial charge in [-0.2, -0.15) is 0 Å². The maximum atomic E-state index is 5.20. The van der Waals surface area contributed by atoms with Crippen LogP contribution in [-0.2, 0) is 24.4 Å². The third kappa shape index (κ3) is 4.86. The number of nitrogens with one attached hydrogen (secondary N) is 1. The lowest BCUT2D eigenvalue weighted by Crippen LogP contribution is -2.30. The van der Waals surface area contributed by atoms with E-state index in [4.69, 9.17) is 4.74 Å². The number of aryl methyl sites for hydroxylation is 1. The number of aromatic nitrogens is 1. The van der Waals surface area contributed by atoms with Gasteiger partial charge in [0.05, 0.1) is 17.8 Å². The molecule has 2 heterocycles. The van der Waals surface area contributed by atoms with E-state index >= 15 is 0 Å². The molecule has 0 bridgehead atoms. The largest absolute Gasteiger partial charge is 0.380 e. The molecular formula is C19H27N3OS. The van der Waals surface area contributed by atoms with Crippen LogP contribution in [0, 0.1) is 12.8 Å². The number of hydrogen-bond donors (Lipinski definition) is 1. The van der Waals surface area contributed by atoms with Crippen molar-refractivity contribution in [2.75, 3.05) is 26.7 Å². The van der Waals surface area contributed by atoms with Crippen molar-refractivity contribution in [3.8, 4) is 0 Å². The molecule has 1 fully saturated rings. The van der Waals surface area contributed by atoms with Crippen LogP contribution in [0.5, 0.6) is 0 Å². The molecule has 1 aromatic carbocycles. The Bertz CT molecular complexity index is 620. The normalized spacial score (nSPS) is 17.7. The smallest absolute Gasteiger partial charge is 0.0798 e. The molecule has 1 atom stereocenters. The second-order valence-electron chi connectivity index (χ2n) is 6.64. The second-order valence-corrected chi connectivity index (χ2v) is 7.58. The van der Waals surface area contributed by atoms with E-state index in [9.17, 15) is 0 Å². The van der Waals surface area contributed by atoms with Gasteiger partial charge in [0.2, 0.25) is 0 Å². The minimum absolute atomic E-state index is 0.678. The summed E-state index contributed by atoms with van der Waals surface area (Å²) in [5.41, 5.74) is 5.72. The first-order valence-electron chi connectivity index (χ1n) is 8.63. The fourth-order valence-corrected chi connectivity index (χ4v) is 4.09. The van der Waals surface area contributed by atoms with Crippen molar-refractivity contribution in [2.24, 2.45) is 5.92 Å². The van der Waals surface area contributed by atoms with E-state index in [2.05, 4.69) is 46.4 Å². The fourth-order valence-electron chi connectivity index (χ4n) is 3.27. The van der Waals surface area contributed by atoms with Crippen LogP contribution in [0.15, 0.2) is 29.8 Å². The van der Waals surface area contributed by atoms with Gasteiger partial charge in [-0.3, -0.25) is 4.90 Å². The van der Waals surface area contributed by atoms with Crippen molar-refractivity contribution >= 4 is 11.3 Å². The molecule has 4 nitrogen and oxygen atoms in total. The maximum absolute atomic E-state index is 5.20. The molecule has 0 radical (unpaired) electrons. The molecule has 130 valence electrons. The van der Waals surface area contributed by atoms with Crippen LogP contribution in [0.2, 0.25) is 0 Å². The molecule has 0 amide bonds. The Morgan fingerprint density at radius 1 is 1.25 bits per heavy atom. The molecule has 24 heavy (non-hydrogen) atoms. The van der Waals surface area contributed by atoms with Gasteiger partial charge < -0.3 is 10.1 Å². The lowest BCUT2D eigenvalue weighted by atomic mass is 10.1. The molecule has 1 aromatic heterocycles. The highest BCUT2D eigenvalue weighted by atomic mass is 32.1. The molecule has 1 saturated heterocycles. The highest BCUT2D eigenvalue weighted by molar-refractivity contribution is 7.09. The minimum atomic E-state index is 0.678. The van der Waals surface area contributed by atoms with Crippen molar-refractivity contribution in [2.45, 2.75) is 33.0 Å². The molecule has 0 saturated carbocycles. The standard InChI is InChI=1S/C19H27N3OS/c1-15-19(24-14-21-15)12-22(11-18-7-8-20-9-18)10-16-3-5-17(6-4-16)13-23-2/h3-6,14,18,20H,7-13H2,1-2H3/t18-/m1/s1. The van der Waals surface area contributed by atoms with E-state index in [0.29, 0.717) is 6.61 Å². The van der Waals surface area contributed by atoms with Crippen LogP contribution in [0.1, 0.15) is 28.1 Å². The first kappa shape index (κ1) is 17.5. The zero-order valence-corrected chi connectivity index (χ0v) is 15.4. The molecule has 0 unspecified atom stereocenters. The summed E-state index contributed by atoms with van der Waals surface area (Å²) < 4.78 is 5.20. The number of thiazole rings is 1. The summed E-state index contributed by atoms with van der Waals surface area (Å²) in [6.45, 7) is 8.21. The van der Waals surface area contributed by atoms with Gasteiger partial charge in [0.15, 0.2) is 0 Å². The maximum Gasteiger partial charge on any atom is 0.0798 e. The van der Waals surface area contributed by atoms with Crippen molar-refractivity contribution in [1.82, 2.24) is 15.2 Å². The van der Waals surface area contributed by atoms with Crippen LogP contribution in [0.4, 0.5) is 0 Å². The molecule has 2 aromatic rings. The summed E-state index contributed by atoms with van der Waals surface area (Å²) in [7, 11) is 1.74. The quantitative estimate of drug-likeness (QED) is 0.797. The zero-order valence-electron chi connectivity index (χ0n) is 14.6. The lowest BCUT2D eigenvalue weighted by molar-refractivity contribution is 0.185. The van der Waals surface area contributed by atoms with E-state index in [1.165, 1.54) is 28.1 Å². The molecule has 0 spiro atoms. The molecular weight excluding hydrogens is 318 g/mol. The number of benzene rings is 1. The monoisotopic (exact) mass is 345 g/mol. The predicted molar refractivity (Wildman–Crippen MR) is 99.1 cm³/mol. The van der Waals surface area contributed by atoms with E-state index < -0.39 is 0 Å². The van der Waals surface area contributed by atoms with Crippen molar-refractivity contribution in [3.05, 3.63) is 51.5 Å². The van der Waals surface area contributed by atoms with E-state index in [0.717, 1.165) is 38.6 Å². The van der Waals surface area contributed by atoms with Crippen molar-refractivity contribution < 1.29 is 4.74 Å². The van der Waals surface area contributed by atoms with Crippen LogP contribution in [-0.4, -0.2) is 36.6 Å². The molecule has 3 rings (SSSR count). The van der Waals surface area contributed by atoms with Crippen molar-refractivity contribution in [3.63, 3.8) is 0 Å². The van der Waals surface area contributed by atoms with Gasteiger partial charge in [-0.25, -0.2) is 4.98 Å². The summed E-state index contributed by atoms with van der Waals surface area (Å²) >= 11 is 1.77. The molecule has 1 aliphatic heterocycles. The fraction of sp³-hybridized carbons (Fsp3) is 0.526. The molecule has 1 aliphatic rings. The van der Waals surface area contributed by atoms with E-state index in [-0.39, 0.29) is 0 Å². The van der Waals surface area contributed by atoms with Gasteiger partial charge in [0.1, 0.15) is 0 Å². The van der Waals surface area contributed by atoms with Gasteiger partial charge >= 0.3 is 0 Å². The molecule has 0 aliphatic carbocycles. The summed E-state index contributed by atoms with van der Waals surface area (Å²) in [5.74, 6) is 0.756. The van der Waals surface area contributed by atoms with Crippen LogP contribution in [0.25, 0.3) is 0 Å². The number of nitrogens with zero attached hydrogens (tertiary/aromatic N) is 2. The minimum Gasteiger partial charge on any atom is -0.380 e. The van der Waals surface area contributed by atoms with Gasteiger partial charge in [0.25, 0.3) is 0 Å². The SMILES string of the molecule is COCc1ccc(CN(Cc2scnc2C)C[C@@H]2CCNC2)cc1. The highest BCUT2D eigenvalue weighted by Crippen LogP contribution is 2.20. The Morgan fingerprint density at radius 3 is 2.67 bits per heavy atom. The second kappa shape index (κ2) is 8.72. The van der Waals surface area contributed by atoms with Gasteiger partial charge in [-0.15, -0.1) is 11.3 Å². The van der Waals surface area contributed by atoms with Gasteiger partial charge in [-0.05, 0) is 43.5 Å². The molecule has 5 heteroatoms. The topological polar surface area (TPSA) is 37.4 Å². The van der Waals surface area contributed by atoms with Crippen molar-refractivity contribution in [1.29, 1.82) is 0 Å². The summed E-state index contributed by atoms with van der Waals surface area (Å²) in [6, 6.07) is 8.81. The van der Waals surface area contributed by atoms with Gasteiger partial charge in [-0.1, -0.05) is 24.3 Å². The first-order chi connectivity index (χ1) is 11.7. The first-order valence-corrected chi connectivity index (χ1v) is 9.51. The Balaban J connectivity index is 1.67. The summed E-state index contributed by atoms with van der Waals surface area (Å²) in [4.78, 5) is 8.37. The zero-order chi connectivity index (χ0) is 16.8. The third-order valence-corrected chi connectivity index (χ3v) is 5.55. The number of hydrogen-bond acceptors (Lipinski definition) is 5. The number of methoxy groups -OCH3 is 1. The van der Waals surface area contributed by atoms with Crippen LogP contribution < -0.4 is 5.32 Å². The Kier molecular flexibility index (Phi) is 6.37. The van der Waals surface area contributed by atoms with Crippen LogP contribution in [0.3, 0.4) is 0 Å². The predicted octanol–water partition coefficient (Wildman–Crippen LogP) is 3.21. The lowest BCUT2D eigenvalue weighted by Gasteiger charge is -2.25. The Labute approximate surface area is 148 Å². The average molecular weight is 346 g/mol. The Hall–Kier alpha value is -1.27. The summed E-state index contributed by atoms with van der Waals surface area (Å²) in [5, 5.41) is 3.48. The number of rotatable bonds is 8. The molecule has 1 N–H and O–H groups in total. The Morgan fingerprint density at radius 2 is 2.04 bits per heavy atom. The average Bonchev–Trinajstić information content (AvgIpc) is 3.22. The highest BCUT2D eigenvalue weighted by Gasteiger charge is 2.19. The summed E-state index contributed by atoms with van der Waals surface area (Å²) in [6.07, 6.45) is 1.28. The van der Waals surface area contributed by atoms with Gasteiger partial charge in [0, 0.05) is 31.6 Å².